The first kappa shape index (κ1) is 17.2. The molecule has 0 saturated carbocycles. The van der Waals surface area contributed by atoms with Gasteiger partial charge < -0.3 is 20.1 Å². The summed E-state index contributed by atoms with van der Waals surface area (Å²) in [6.07, 6.45) is 0. The molecule has 0 saturated heterocycles. The predicted octanol–water partition coefficient (Wildman–Crippen LogP) is 4.99. The third kappa shape index (κ3) is 4.45. The Balaban J connectivity index is 1.57. The van der Waals surface area contributed by atoms with Gasteiger partial charge in [0.2, 0.25) is 0 Å². The van der Waals surface area contributed by atoms with E-state index in [0.29, 0.717) is 0 Å². The highest BCUT2D eigenvalue weighted by atomic mass is 32.1. The zero-order valence-electron chi connectivity index (χ0n) is 14.4. The first-order valence-electron chi connectivity index (χ1n) is 8.11. The van der Waals surface area contributed by atoms with Crippen molar-refractivity contribution in [2.75, 3.05) is 24.9 Å². The van der Waals surface area contributed by atoms with E-state index >= 15 is 0 Å². The van der Waals surface area contributed by atoms with Gasteiger partial charge in [-0.05, 0) is 36.4 Å². The number of anilines is 2. The molecule has 0 spiro atoms. The Bertz CT molecular complexity index is 751. The number of benzene rings is 2. The van der Waals surface area contributed by atoms with Crippen molar-refractivity contribution in [2.24, 2.45) is 0 Å². The highest BCUT2D eigenvalue weighted by Gasteiger charge is 2.05. The highest BCUT2D eigenvalue weighted by molar-refractivity contribution is 7.12. The first-order valence-corrected chi connectivity index (χ1v) is 8.93. The molecule has 5 heteroatoms. The van der Waals surface area contributed by atoms with Crippen molar-refractivity contribution in [1.82, 2.24) is 0 Å². The zero-order chi connectivity index (χ0) is 17.5. The Morgan fingerprint density at radius 1 is 0.680 bits per heavy atom. The fourth-order valence-electron chi connectivity index (χ4n) is 2.56. The van der Waals surface area contributed by atoms with Crippen LogP contribution in [-0.4, -0.2) is 14.2 Å². The standard InChI is InChI=1S/C20H22N2O2S/c1-23-19-9-5-3-7-17(19)21-13-15-11-12-16(25-15)14-22-18-8-4-6-10-20(18)24-2/h3-12,21-22H,13-14H2,1-2H3. The molecule has 0 amide bonds. The molecule has 3 rings (SSSR count). The first-order chi connectivity index (χ1) is 12.3. The lowest BCUT2D eigenvalue weighted by atomic mass is 10.3. The number of thiophene rings is 1. The number of hydrogen-bond acceptors (Lipinski definition) is 5. The molecular formula is C20H22N2O2S. The minimum absolute atomic E-state index is 0.777. The van der Waals surface area contributed by atoms with Crippen LogP contribution in [0, 0.1) is 0 Å². The van der Waals surface area contributed by atoms with Crippen LogP contribution in [0.2, 0.25) is 0 Å². The molecule has 0 aliphatic heterocycles. The molecule has 130 valence electrons. The molecule has 25 heavy (non-hydrogen) atoms. The molecule has 2 aromatic carbocycles. The molecule has 0 bridgehead atoms. The average molecular weight is 354 g/mol. The second-order valence-corrected chi connectivity index (χ2v) is 6.73. The van der Waals surface area contributed by atoms with Crippen LogP contribution in [0.1, 0.15) is 9.75 Å². The molecule has 4 nitrogen and oxygen atoms in total. The van der Waals surface area contributed by atoms with E-state index in [1.54, 1.807) is 25.6 Å². The molecule has 0 unspecified atom stereocenters. The van der Waals surface area contributed by atoms with Crippen molar-refractivity contribution in [3.63, 3.8) is 0 Å². The Morgan fingerprint density at radius 3 is 1.56 bits per heavy atom. The second-order valence-electron chi connectivity index (χ2n) is 5.48. The third-order valence-electron chi connectivity index (χ3n) is 3.84. The van der Waals surface area contributed by atoms with Gasteiger partial charge in [0.1, 0.15) is 11.5 Å². The van der Waals surface area contributed by atoms with E-state index in [2.05, 4.69) is 22.8 Å². The Kier molecular flexibility index (Phi) is 5.80. The maximum absolute atomic E-state index is 5.37. The fourth-order valence-corrected chi connectivity index (χ4v) is 3.46. The second kappa shape index (κ2) is 8.44. The summed E-state index contributed by atoms with van der Waals surface area (Å²) in [4.78, 5) is 2.56. The van der Waals surface area contributed by atoms with Crippen molar-refractivity contribution < 1.29 is 9.47 Å². The van der Waals surface area contributed by atoms with E-state index < -0.39 is 0 Å². The van der Waals surface area contributed by atoms with E-state index in [9.17, 15) is 0 Å². The summed E-state index contributed by atoms with van der Waals surface area (Å²) < 4.78 is 10.7. The third-order valence-corrected chi connectivity index (χ3v) is 4.92. The minimum atomic E-state index is 0.777. The zero-order valence-corrected chi connectivity index (χ0v) is 15.2. The predicted molar refractivity (Wildman–Crippen MR) is 105 cm³/mol. The summed E-state index contributed by atoms with van der Waals surface area (Å²) in [5, 5.41) is 6.86. The molecule has 0 radical (unpaired) electrons. The van der Waals surface area contributed by atoms with Crippen LogP contribution in [-0.2, 0) is 13.1 Å². The molecule has 3 aromatic rings. The van der Waals surface area contributed by atoms with E-state index in [-0.39, 0.29) is 0 Å². The van der Waals surface area contributed by atoms with Gasteiger partial charge in [-0.15, -0.1) is 11.3 Å². The lowest BCUT2D eigenvalue weighted by molar-refractivity contribution is 0.416. The van der Waals surface area contributed by atoms with Gasteiger partial charge in [-0.3, -0.25) is 0 Å². The summed E-state index contributed by atoms with van der Waals surface area (Å²) in [6, 6.07) is 20.2. The topological polar surface area (TPSA) is 42.5 Å². The fraction of sp³-hybridized carbons (Fsp3) is 0.200. The molecule has 2 N–H and O–H groups in total. The van der Waals surface area contributed by atoms with Crippen molar-refractivity contribution in [1.29, 1.82) is 0 Å². The summed E-state index contributed by atoms with van der Waals surface area (Å²) >= 11 is 1.79. The van der Waals surface area contributed by atoms with E-state index in [1.807, 2.05) is 48.5 Å². The highest BCUT2D eigenvalue weighted by Crippen LogP contribution is 2.27. The minimum Gasteiger partial charge on any atom is -0.495 e. The maximum atomic E-state index is 5.37. The Hall–Kier alpha value is -2.66. The molecule has 1 heterocycles. The van der Waals surface area contributed by atoms with Crippen LogP contribution in [0.25, 0.3) is 0 Å². The van der Waals surface area contributed by atoms with Crippen LogP contribution in [0.3, 0.4) is 0 Å². The number of nitrogens with one attached hydrogen (secondary N) is 2. The molecule has 1 aromatic heterocycles. The SMILES string of the molecule is COc1ccccc1NCc1ccc(CNc2ccccc2OC)s1. The van der Waals surface area contributed by atoms with E-state index in [1.165, 1.54) is 9.75 Å². The molecule has 0 aliphatic carbocycles. The van der Waals surface area contributed by atoms with Crippen LogP contribution >= 0.6 is 11.3 Å². The normalized spacial score (nSPS) is 10.3. The summed E-state index contributed by atoms with van der Waals surface area (Å²) in [7, 11) is 3.38. The average Bonchev–Trinajstić information content (AvgIpc) is 3.13. The van der Waals surface area contributed by atoms with Gasteiger partial charge in [0.15, 0.2) is 0 Å². The smallest absolute Gasteiger partial charge is 0.141 e. The van der Waals surface area contributed by atoms with E-state index in [0.717, 1.165) is 36.0 Å². The number of para-hydroxylation sites is 4. The van der Waals surface area contributed by atoms with Gasteiger partial charge >= 0.3 is 0 Å². The van der Waals surface area contributed by atoms with Crippen molar-refractivity contribution in [3.05, 3.63) is 70.4 Å². The molecule has 0 aliphatic rings. The van der Waals surface area contributed by atoms with Gasteiger partial charge in [0.25, 0.3) is 0 Å². The monoisotopic (exact) mass is 354 g/mol. The van der Waals surface area contributed by atoms with Crippen molar-refractivity contribution >= 4 is 22.7 Å². The summed E-state index contributed by atoms with van der Waals surface area (Å²) in [5.74, 6) is 1.72. The summed E-state index contributed by atoms with van der Waals surface area (Å²) in [6.45, 7) is 1.55. The lowest BCUT2D eigenvalue weighted by Gasteiger charge is -2.10. The van der Waals surface area contributed by atoms with Gasteiger partial charge in [0.05, 0.1) is 25.6 Å². The Morgan fingerprint density at radius 2 is 1.12 bits per heavy atom. The maximum Gasteiger partial charge on any atom is 0.141 e. The number of rotatable bonds is 8. The van der Waals surface area contributed by atoms with Crippen molar-refractivity contribution in [3.8, 4) is 11.5 Å². The lowest BCUT2D eigenvalue weighted by Crippen LogP contribution is -2.00. The largest absolute Gasteiger partial charge is 0.495 e. The number of ether oxygens (including phenoxy) is 2. The van der Waals surface area contributed by atoms with Gasteiger partial charge in [0, 0.05) is 22.8 Å². The molecular weight excluding hydrogens is 332 g/mol. The molecule has 0 atom stereocenters. The van der Waals surface area contributed by atoms with Crippen LogP contribution in [0.4, 0.5) is 11.4 Å². The van der Waals surface area contributed by atoms with Crippen LogP contribution in [0.15, 0.2) is 60.7 Å². The number of methoxy groups -OCH3 is 2. The van der Waals surface area contributed by atoms with Gasteiger partial charge in [-0.25, -0.2) is 0 Å². The van der Waals surface area contributed by atoms with Crippen LogP contribution in [0.5, 0.6) is 11.5 Å². The van der Waals surface area contributed by atoms with Crippen molar-refractivity contribution in [2.45, 2.75) is 13.1 Å². The van der Waals surface area contributed by atoms with Gasteiger partial charge in [-0.1, -0.05) is 24.3 Å². The Labute approximate surface area is 152 Å². The number of hydrogen-bond donors (Lipinski definition) is 2. The quantitative estimate of drug-likeness (QED) is 0.598. The van der Waals surface area contributed by atoms with Crippen LogP contribution < -0.4 is 20.1 Å². The van der Waals surface area contributed by atoms with E-state index in [4.69, 9.17) is 9.47 Å². The molecule has 0 fully saturated rings. The van der Waals surface area contributed by atoms with Gasteiger partial charge in [-0.2, -0.15) is 0 Å². The summed E-state index contributed by atoms with van der Waals surface area (Å²) in [5.41, 5.74) is 2.01.